The first-order valence-electron chi connectivity index (χ1n) is 7.47. The molecule has 0 aliphatic heterocycles. The Bertz CT molecular complexity index is 819. The SMILES string of the molecule is CN=C(NCc1cccc(S(=O)(=O)NC)c1)NCc1ccc(C)s1.I. The van der Waals surface area contributed by atoms with Crippen LogP contribution in [0.3, 0.4) is 0 Å². The van der Waals surface area contributed by atoms with Crippen molar-refractivity contribution < 1.29 is 8.42 Å². The van der Waals surface area contributed by atoms with Crippen molar-refractivity contribution in [2.45, 2.75) is 24.9 Å². The lowest BCUT2D eigenvalue weighted by molar-refractivity contribution is 0.588. The van der Waals surface area contributed by atoms with Gasteiger partial charge in [0, 0.05) is 23.3 Å². The van der Waals surface area contributed by atoms with Crippen LogP contribution in [0.25, 0.3) is 0 Å². The second-order valence-corrected chi connectivity index (χ2v) is 8.41. The van der Waals surface area contributed by atoms with E-state index in [0.29, 0.717) is 19.0 Å². The van der Waals surface area contributed by atoms with Gasteiger partial charge in [-0.25, -0.2) is 13.1 Å². The van der Waals surface area contributed by atoms with Gasteiger partial charge in [-0.3, -0.25) is 4.99 Å². The van der Waals surface area contributed by atoms with E-state index >= 15 is 0 Å². The predicted octanol–water partition coefficient (Wildman–Crippen LogP) is 2.45. The normalized spacial score (nSPS) is 11.7. The molecule has 0 aliphatic rings. The van der Waals surface area contributed by atoms with Crippen molar-refractivity contribution in [1.82, 2.24) is 15.4 Å². The summed E-state index contributed by atoms with van der Waals surface area (Å²) in [6, 6.07) is 11.0. The van der Waals surface area contributed by atoms with Crippen LogP contribution in [-0.2, 0) is 23.1 Å². The van der Waals surface area contributed by atoms with Gasteiger partial charge in [-0.1, -0.05) is 12.1 Å². The lowest BCUT2D eigenvalue weighted by Crippen LogP contribution is -2.36. The van der Waals surface area contributed by atoms with Gasteiger partial charge in [-0.2, -0.15) is 0 Å². The summed E-state index contributed by atoms with van der Waals surface area (Å²) in [6.45, 7) is 3.26. The first-order valence-corrected chi connectivity index (χ1v) is 9.77. The first-order chi connectivity index (χ1) is 11.4. The number of sulfonamides is 1. The molecule has 0 spiro atoms. The number of guanidine groups is 1. The lowest BCUT2D eigenvalue weighted by Gasteiger charge is -2.12. The molecule has 1 heterocycles. The molecule has 0 radical (unpaired) electrons. The number of benzene rings is 1. The zero-order chi connectivity index (χ0) is 17.6. The molecule has 0 amide bonds. The molecule has 0 saturated carbocycles. The van der Waals surface area contributed by atoms with Crippen LogP contribution < -0.4 is 15.4 Å². The van der Waals surface area contributed by atoms with Crippen molar-refractivity contribution in [2.24, 2.45) is 4.99 Å². The Morgan fingerprint density at radius 1 is 1.16 bits per heavy atom. The van der Waals surface area contributed by atoms with Gasteiger partial charge in [-0.15, -0.1) is 35.3 Å². The zero-order valence-corrected chi connectivity index (χ0v) is 18.3. The topological polar surface area (TPSA) is 82.6 Å². The van der Waals surface area contributed by atoms with Gasteiger partial charge in [0.05, 0.1) is 11.4 Å². The predicted molar refractivity (Wildman–Crippen MR) is 114 cm³/mol. The van der Waals surface area contributed by atoms with Crippen LogP contribution in [0.15, 0.2) is 46.3 Å². The fraction of sp³-hybridized carbons (Fsp3) is 0.312. The molecule has 1 aromatic heterocycles. The Morgan fingerprint density at radius 2 is 1.88 bits per heavy atom. The maximum absolute atomic E-state index is 11.8. The number of hydrogen-bond donors (Lipinski definition) is 3. The fourth-order valence-corrected chi connectivity index (χ4v) is 3.73. The standard InChI is InChI=1S/C16H22N4O2S2.HI/c1-12-7-8-14(23-12)11-20-16(17-2)19-10-13-5-4-6-15(9-13)24(21,22)18-3;/h4-9,18H,10-11H2,1-3H3,(H2,17,19,20);1H. The van der Waals surface area contributed by atoms with E-state index in [1.807, 2.05) is 6.07 Å². The van der Waals surface area contributed by atoms with E-state index in [0.717, 1.165) is 5.56 Å². The van der Waals surface area contributed by atoms with Crippen LogP contribution in [0.5, 0.6) is 0 Å². The van der Waals surface area contributed by atoms with Gasteiger partial charge in [0.1, 0.15) is 0 Å². The third-order valence-electron chi connectivity index (χ3n) is 3.39. The van der Waals surface area contributed by atoms with Crippen LogP contribution in [0.2, 0.25) is 0 Å². The maximum Gasteiger partial charge on any atom is 0.240 e. The van der Waals surface area contributed by atoms with Crippen LogP contribution in [-0.4, -0.2) is 28.5 Å². The summed E-state index contributed by atoms with van der Waals surface area (Å²) in [6.07, 6.45) is 0. The molecular formula is C16H23IN4O2S2. The van der Waals surface area contributed by atoms with Crippen molar-refractivity contribution in [3.63, 3.8) is 0 Å². The highest BCUT2D eigenvalue weighted by atomic mass is 127. The molecular weight excluding hydrogens is 471 g/mol. The van der Waals surface area contributed by atoms with Gasteiger partial charge >= 0.3 is 0 Å². The third kappa shape index (κ3) is 6.57. The summed E-state index contributed by atoms with van der Waals surface area (Å²) in [5.41, 5.74) is 0.862. The molecule has 2 aromatic rings. The maximum atomic E-state index is 11.8. The Labute approximate surface area is 170 Å². The second kappa shape index (κ2) is 10.1. The number of halogens is 1. The molecule has 6 nitrogen and oxygen atoms in total. The largest absolute Gasteiger partial charge is 0.352 e. The average Bonchev–Trinajstić information content (AvgIpc) is 3.00. The summed E-state index contributed by atoms with van der Waals surface area (Å²) < 4.78 is 26.0. The van der Waals surface area contributed by atoms with E-state index < -0.39 is 10.0 Å². The van der Waals surface area contributed by atoms with Crippen molar-refractivity contribution in [3.8, 4) is 0 Å². The molecule has 0 saturated heterocycles. The monoisotopic (exact) mass is 494 g/mol. The summed E-state index contributed by atoms with van der Waals surface area (Å²) in [5, 5.41) is 6.43. The Morgan fingerprint density at radius 3 is 2.48 bits per heavy atom. The van der Waals surface area contributed by atoms with Crippen LogP contribution in [0.4, 0.5) is 0 Å². The number of nitrogens with zero attached hydrogens (tertiary/aromatic N) is 1. The van der Waals surface area contributed by atoms with E-state index in [-0.39, 0.29) is 28.9 Å². The Kier molecular flexibility index (Phi) is 8.83. The van der Waals surface area contributed by atoms with Crippen molar-refractivity contribution in [1.29, 1.82) is 0 Å². The first kappa shape index (κ1) is 21.9. The Hall–Kier alpha value is -1.17. The number of rotatable bonds is 6. The highest BCUT2D eigenvalue weighted by Gasteiger charge is 2.11. The summed E-state index contributed by atoms with van der Waals surface area (Å²) >= 11 is 1.74. The molecule has 1 aromatic carbocycles. The number of nitrogens with one attached hydrogen (secondary N) is 3. The minimum Gasteiger partial charge on any atom is -0.352 e. The number of aliphatic imine (C=N–C) groups is 1. The van der Waals surface area contributed by atoms with Gasteiger partial charge in [0.2, 0.25) is 10.0 Å². The molecule has 25 heavy (non-hydrogen) atoms. The van der Waals surface area contributed by atoms with E-state index in [2.05, 4.69) is 39.4 Å². The number of hydrogen-bond acceptors (Lipinski definition) is 4. The minimum absolute atomic E-state index is 0. The summed E-state index contributed by atoms with van der Waals surface area (Å²) in [5.74, 6) is 0.669. The average molecular weight is 494 g/mol. The van der Waals surface area contributed by atoms with Crippen LogP contribution in [0, 0.1) is 6.92 Å². The summed E-state index contributed by atoms with van der Waals surface area (Å²) in [4.78, 5) is 6.94. The van der Waals surface area contributed by atoms with Gasteiger partial charge in [0.25, 0.3) is 0 Å². The van der Waals surface area contributed by atoms with Gasteiger partial charge in [-0.05, 0) is 43.8 Å². The highest BCUT2D eigenvalue weighted by Crippen LogP contribution is 2.14. The van der Waals surface area contributed by atoms with Gasteiger partial charge < -0.3 is 10.6 Å². The van der Waals surface area contributed by atoms with Crippen LogP contribution >= 0.6 is 35.3 Å². The van der Waals surface area contributed by atoms with E-state index in [4.69, 9.17) is 0 Å². The molecule has 0 fully saturated rings. The van der Waals surface area contributed by atoms with Crippen LogP contribution in [0.1, 0.15) is 15.3 Å². The lowest BCUT2D eigenvalue weighted by atomic mass is 10.2. The molecule has 3 N–H and O–H groups in total. The van der Waals surface area contributed by atoms with E-state index in [1.165, 1.54) is 16.8 Å². The molecule has 0 unspecified atom stereocenters. The van der Waals surface area contributed by atoms with E-state index in [1.54, 1.807) is 36.6 Å². The van der Waals surface area contributed by atoms with E-state index in [9.17, 15) is 8.42 Å². The molecule has 0 aliphatic carbocycles. The summed E-state index contributed by atoms with van der Waals surface area (Å²) in [7, 11) is -0.325. The minimum atomic E-state index is -3.43. The quantitative estimate of drug-likeness (QED) is 0.328. The van der Waals surface area contributed by atoms with Crippen molar-refractivity contribution in [3.05, 3.63) is 51.7 Å². The fourth-order valence-electron chi connectivity index (χ4n) is 2.10. The third-order valence-corrected chi connectivity index (χ3v) is 5.80. The number of thiophene rings is 1. The Balaban J connectivity index is 0.00000312. The molecule has 138 valence electrons. The number of aryl methyl sites for hydroxylation is 1. The van der Waals surface area contributed by atoms with Gasteiger partial charge in [0.15, 0.2) is 5.96 Å². The molecule has 0 atom stereocenters. The molecule has 9 heteroatoms. The van der Waals surface area contributed by atoms with Crippen molar-refractivity contribution >= 4 is 51.3 Å². The molecule has 2 rings (SSSR count). The zero-order valence-electron chi connectivity index (χ0n) is 14.4. The second-order valence-electron chi connectivity index (χ2n) is 5.15. The smallest absolute Gasteiger partial charge is 0.240 e. The molecule has 0 bridgehead atoms. The highest BCUT2D eigenvalue weighted by molar-refractivity contribution is 14.0. The van der Waals surface area contributed by atoms with Crippen molar-refractivity contribution in [2.75, 3.05) is 14.1 Å².